The maximum atomic E-state index is 13.7. The van der Waals surface area contributed by atoms with Crippen molar-refractivity contribution in [1.29, 1.82) is 0 Å². The SMILES string of the molecule is COC(=O)c1ccc(NC(=O)c2ccccc2OCC(=O)Nc2ccccc2F)c(C)c1. The molecule has 0 unspecified atom stereocenters. The summed E-state index contributed by atoms with van der Waals surface area (Å²) < 4.78 is 23.9. The fourth-order valence-electron chi connectivity index (χ4n) is 2.91. The standard InChI is InChI=1S/C24H21FN2O5/c1-15-13-16(24(30)31-2)11-12-19(15)27-23(29)17-7-3-6-10-21(17)32-14-22(28)26-20-9-5-4-8-18(20)25/h3-13H,14H2,1-2H3,(H,26,28)(H,27,29). The van der Waals surface area contributed by atoms with E-state index in [4.69, 9.17) is 9.47 Å². The molecule has 164 valence electrons. The first-order chi connectivity index (χ1) is 15.4. The number of nitrogens with one attached hydrogen (secondary N) is 2. The summed E-state index contributed by atoms with van der Waals surface area (Å²) in [4.78, 5) is 36.6. The van der Waals surface area contributed by atoms with Crippen molar-refractivity contribution in [3.63, 3.8) is 0 Å². The molecule has 8 heteroatoms. The number of esters is 1. The Hall–Kier alpha value is -4.20. The van der Waals surface area contributed by atoms with Gasteiger partial charge in [-0.05, 0) is 55.0 Å². The molecule has 0 aliphatic rings. The van der Waals surface area contributed by atoms with Gasteiger partial charge >= 0.3 is 5.97 Å². The lowest BCUT2D eigenvalue weighted by molar-refractivity contribution is -0.118. The summed E-state index contributed by atoms with van der Waals surface area (Å²) in [6.07, 6.45) is 0. The highest BCUT2D eigenvalue weighted by Crippen LogP contribution is 2.22. The van der Waals surface area contributed by atoms with E-state index in [9.17, 15) is 18.8 Å². The van der Waals surface area contributed by atoms with Crippen LogP contribution in [0.2, 0.25) is 0 Å². The molecule has 0 aliphatic carbocycles. The number of para-hydroxylation sites is 2. The summed E-state index contributed by atoms with van der Waals surface area (Å²) in [5.74, 6) is -1.87. The molecule has 0 saturated heterocycles. The molecule has 0 saturated carbocycles. The van der Waals surface area contributed by atoms with Crippen LogP contribution in [-0.4, -0.2) is 31.5 Å². The highest BCUT2D eigenvalue weighted by molar-refractivity contribution is 6.07. The van der Waals surface area contributed by atoms with Crippen LogP contribution in [0.1, 0.15) is 26.3 Å². The average Bonchev–Trinajstić information content (AvgIpc) is 2.80. The molecule has 0 aliphatic heterocycles. The van der Waals surface area contributed by atoms with Crippen LogP contribution >= 0.6 is 0 Å². The lowest BCUT2D eigenvalue weighted by Gasteiger charge is -2.13. The van der Waals surface area contributed by atoms with Crippen LogP contribution in [0.3, 0.4) is 0 Å². The van der Waals surface area contributed by atoms with Crippen LogP contribution in [0, 0.1) is 12.7 Å². The number of anilines is 2. The second-order valence-electron chi connectivity index (χ2n) is 6.79. The molecule has 2 N–H and O–H groups in total. The predicted octanol–water partition coefficient (Wildman–Crippen LogP) is 4.19. The smallest absolute Gasteiger partial charge is 0.337 e. The number of hydrogen-bond acceptors (Lipinski definition) is 5. The molecule has 0 aromatic heterocycles. The highest BCUT2D eigenvalue weighted by atomic mass is 19.1. The van der Waals surface area contributed by atoms with Crippen LogP contribution in [0.5, 0.6) is 5.75 Å². The van der Waals surface area contributed by atoms with Crippen molar-refractivity contribution >= 4 is 29.2 Å². The maximum absolute atomic E-state index is 13.7. The zero-order chi connectivity index (χ0) is 23.1. The molecule has 0 atom stereocenters. The van der Waals surface area contributed by atoms with Gasteiger partial charge in [-0.15, -0.1) is 0 Å². The number of carbonyl (C=O) groups is 3. The zero-order valence-electron chi connectivity index (χ0n) is 17.5. The van der Waals surface area contributed by atoms with Gasteiger partial charge in [0.25, 0.3) is 11.8 Å². The lowest BCUT2D eigenvalue weighted by atomic mass is 10.1. The molecule has 0 bridgehead atoms. The summed E-state index contributed by atoms with van der Waals surface area (Å²) in [6.45, 7) is 1.34. The summed E-state index contributed by atoms with van der Waals surface area (Å²) in [7, 11) is 1.29. The van der Waals surface area contributed by atoms with Crippen LogP contribution in [0.25, 0.3) is 0 Å². The molecule has 0 radical (unpaired) electrons. The Labute approximate surface area is 184 Å². The quantitative estimate of drug-likeness (QED) is 0.542. The molecule has 3 rings (SSSR count). The third-order valence-corrected chi connectivity index (χ3v) is 4.53. The van der Waals surface area contributed by atoms with Crippen molar-refractivity contribution in [1.82, 2.24) is 0 Å². The number of rotatable bonds is 7. The summed E-state index contributed by atoms with van der Waals surface area (Å²) in [5.41, 5.74) is 1.80. The maximum Gasteiger partial charge on any atom is 0.337 e. The summed E-state index contributed by atoms with van der Waals surface area (Å²) in [6, 6.07) is 17.0. The molecule has 32 heavy (non-hydrogen) atoms. The fraction of sp³-hybridized carbons (Fsp3) is 0.125. The van der Waals surface area contributed by atoms with E-state index < -0.39 is 30.2 Å². The first kappa shape index (κ1) is 22.5. The van der Waals surface area contributed by atoms with Gasteiger partial charge in [-0.1, -0.05) is 24.3 Å². The number of halogens is 1. The minimum absolute atomic E-state index is 0.0398. The normalized spacial score (nSPS) is 10.2. The lowest BCUT2D eigenvalue weighted by Crippen LogP contribution is -2.22. The number of ether oxygens (including phenoxy) is 2. The van der Waals surface area contributed by atoms with Crippen LogP contribution in [0.4, 0.5) is 15.8 Å². The summed E-state index contributed by atoms with van der Waals surface area (Å²) in [5, 5.41) is 5.18. The van der Waals surface area contributed by atoms with Gasteiger partial charge in [0.1, 0.15) is 11.6 Å². The van der Waals surface area contributed by atoms with Crippen molar-refractivity contribution in [3.8, 4) is 5.75 Å². The number of amides is 2. The second kappa shape index (κ2) is 10.2. The molecule has 3 aromatic rings. The fourth-order valence-corrected chi connectivity index (χ4v) is 2.91. The Morgan fingerprint density at radius 2 is 1.62 bits per heavy atom. The van der Waals surface area contributed by atoms with Crippen LogP contribution in [-0.2, 0) is 9.53 Å². The van der Waals surface area contributed by atoms with Gasteiger partial charge in [0.2, 0.25) is 0 Å². The van der Waals surface area contributed by atoms with Gasteiger partial charge in [-0.25, -0.2) is 9.18 Å². The van der Waals surface area contributed by atoms with Gasteiger partial charge in [-0.3, -0.25) is 9.59 Å². The van der Waals surface area contributed by atoms with Gasteiger partial charge in [0, 0.05) is 5.69 Å². The zero-order valence-corrected chi connectivity index (χ0v) is 17.5. The molecule has 0 heterocycles. The molecular formula is C24H21FN2O5. The largest absolute Gasteiger partial charge is 0.483 e. The Morgan fingerprint density at radius 3 is 2.34 bits per heavy atom. The average molecular weight is 436 g/mol. The van der Waals surface area contributed by atoms with Gasteiger partial charge in [-0.2, -0.15) is 0 Å². The van der Waals surface area contributed by atoms with Crippen LogP contribution < -0.4 is 15.4 Å². The van der Waals surface area contributed by atoms with E-state index in [1.807, 2.05) is 0 Å². The third kappa shape index (κ3) is 5.48. The van der Waals surface area contributed by atoms with Crippen molar-refractivity contribution < 1.29 is 28.2 Å². The number of methoxy groups -OCH3 is 1. The van der Waals surface area contributed by atoms with E-state index in [1.165, 1.54) is 25.3 Å². The Balaban J connectivity index is 1.68. The van der Waals surface area contributed by atoms with Crippen molar-refractivity contribution in [2.24, 2.45) is 0 Å². The van der Waals surface area contributed by atoms with E-state index >= 15 is 0 Å². The molecule has 7 nitrogen and oxygen atoms in total. The second-order valence-corrected chi connectivity index (χ2v) is 6.79. The third-order valence-electron chi connectivity index (χ3n) is 4.53. The van der Waals surface area contributed by atoms with E-state index in [1.54, 1.807) is 55.5 Å². The summed E-state index contributed by atoms with van der Waals surface area (Å²) >= 11 is 0. The first-order valence-electron chi connectivity index (χ1n) is 9.65. The number of aryl methyl sites for hydroxylation is 1. The van der Waals surface area contributed by atoms with Crippen LogP contribution in [0.15, 0.2) is 66.7 Å². The minimum atomic E-state index is -0.570. The molecule has 2 amide bonds. The van der Waals surface area contributed by atoms with Gasteiger partial charge in [0.05, 0.1) is 23.9 Å². The molecule has 0 spiro atoms. The molecule has 3 aromatic carbocycles. The Morgan fingerprint density at radius 1 is 0.906 bits per heavy atom. The predicted molar refractivity (Wildman–Crippen MR) is 117 cm³/mol. The van der Waals surface area contributed by atoms with E-state index in [2.05, 4.69) is 10.6 Å². The van der Waals surface area contributed by atoms with Gasteiger partial charge in [0.15, 0.2) is 6.61 Å². The van der Waals surface area contributed by atoms with E-state index in [0.29, 0.717) is 16.8 Å². The van der Waals surface area contributed by atoms with E-state index in [-0.39, 0.29) is 17.0 Å². The molecular weight excluding hydrogens is 415 g/mol. The minimum Gasteiger partial charge on any atom is -0.483 e. The van der Waals surface area contributed by atoms with Crippen molar-refractivity contribution in [2.75, 3.05) is 24.4 Å². The monoisotopic (exact) mass is 436 g/mol. The van der Waals surface area contributed by atoms with E-state index in [0.717, 1.165) is 0 Å². The highest BCUT2D eigenvalue weighted by Gasteiger charge is 2.16. The number of carbonyl (C=O) groups excluding carboxylic acids is 3. The van der Waals surface area contributed by atoms with Gasteiger partial charge < -0.3 is 20.1 Å². The van der Waals surface area contributed by atoms with Crippen molar-refractivity contribution in [3.05, 3.63) is 89.2 Å². The number of benzene rings is 3. The first-order valence-corrected chi connectivity index (χ1v) is 9.65. The Kier molecular flexibility index (Phi) is 7.17. The van der Waals surface area contributed by atoms with Crippen molar-refractivity contribution in [2.45, 2.75) is 6.92 Å². The molecule has 0 fully saturated rings. The topological polar surface area (TPSA) is 93.7 Å². The Bertz CT molecular complexity index is 1160. The number of hydrogen-bond donors (Lipinski definition) is 2.